The fourth-order valence-corrected chi connectivity index (χ4v) is 0.222. The molecule has 0 spiro atoms. The number of allylic oxidation sites excluding steroid dienone is 4. The molecule has 0 nitrogen and oxygen atoms in total. The number of rotatable bonds is 1. The van der Waals surface area contributed by atoms with Crippen LogP contribution in [-0.2, 0) is 21.7 Å². The predicted molar refractivity (Wildman–Crippen MR) is 49.9 cm³/mol. The van der Waals surface area contributed by atoms with Gasteiger partial charge in [-0.05, 0) is 13.8 Å². The maximum absolute atomic E-state index is 2.26. The third kappa shape index (κ3) is 39.7. The van der Waals surface area contributed by atoms with Gasteiger partial charge in [-0.2, -0.15) is 0 Å². The maximum atomic E-state index is 2.26. The first-order chi connectivity index (χ1) is 4.33. The minimum absolute atomic E-state index is 0. The molecule has 0 fully saturated rings. The Bertz CT molecular complexity index is 67.3. The molecule has 0 N–H and O–H groups in total. The molecule has 0 aromatic carbocycles. The second-order valence-corrected chi connectivity index (χ2v) is 3.17. The molecular formula is C8H18SiTi+2. The van der Waals surface area contributed by atoms with Gasteiger partial charge in [0.2, 0.25) is 0 Å². The van der Waals surface area contributed by atoms with E-state index in [1.807, 2.05) is 38.2 Å². The predicted octanol–water partition coefficient (Wildman–Crippen LogP) is 2.39. The van der Waals surface area contributed by atoms with Gasteiger partial charge in [0.25, 0.3) is 0 Å². The van der Waals surface area contributed by atoms with Crippen molar-refractivity contribution >= 4 is 9.52 Å². The van der Waals surface area contributed by atoms with Crippen LogP contribution in [0.4, 0.5) is 0 Å². The Balaban J connectivity index is -0.000000107. The van der Waals surface area contributed by atoms with E-state index in [2.05, 4.69) is 13.1 Å². The molecule has 0 bridgehead atoms. The Morgan fingerprint density at radius 2 is 1.10 bits per heavy atom. The van der Waals surface area contributed by atoms with E-state index in [1.165, 1.54) is 0 Å². The summed E-state index contributed by atoms with van der Waals surface area (Å²) in [5.41, 5.74) is 0. The third-order valence-electron chi connectivity index (χ3n) is 0.496. The second-order valence-electron chi connectivity index (χ2n) is 1.76. The Morgan fingerprint density at radius 3 is 1.20 bits per heavy atom. The summed E-state index contributed by atoms with van der Waals surface area (Å²) < 4.78 is 0. The van der Waals surface area contributed by atoms with E-state index >= 15 is 0 Å². The summed E-state index contributed by atoms with van der Waals surface area (Å²) in [4.78, 5) is 0. The van der Waals surface area contributed by atoms with Crippen LogP contribution < -0.4 is 0 Å². The topological polar surface area (TPSA) is 0 Å². The van der Waals surface area contributed by atoms with Gasteiger partial charge in [0, 0.05) is 9.52 Å². The van der Waals surface area contributed by atoms with Crippen molar-refractivity contribution in [3.63, 3.8) is 0 Å². The van der Waals surface area contributed by atoms with Crippen LogP contribution in [0.2, 0.25) is 13.1 Å². The van der Waals surface area contributed by atoms with E-state index in [0.717, 1.165) is 0 Å². The van der Waals surface area contributed by atoms with Crippen LogP contribution in [0.5, 0.6) is 0 Å². The van der Waals surface area contributed by atoms with Crippen molar-refractivity contribution in [1.29, 1.82) is 0 Å². The molecule has 0 radical (unpaired) electrons. The normalized spacial score (nSPS) is 8.80. The quantitative estimate of drug-likeness (QED) is 0.440. The van der Waals surface area contributed by atoms with Crippen molar-refractivity contribution in [3.05, 3.63) is 24.3 Å². The monoisotopic (exact) mass is 190 g/mol. The molecular weight excluding hydrogens is 172 g/mol. The Hall–Kier alpha value is 0.411. The van der Waals surface area contributed by atoms with E-state index in [-0.39, 0.29) is 21.7 Å². The van der Waals surface area contributed by atoms with E-state index in [4.69, 9.17) is 0 Å². The zero-order chi connectivity index (χ0) is 7.54. The number of hydrogen-bond acceptors (Lipinski definition) is 0. The van der Waals surface area contributed by atoms with Crippen LogP contribution in [0.15, 0.2) is 24.3 Å². The van der Waals surface area contributed by atoms with Gasteiger partial charge in [0.05, 0.1) is 0 Å². The SMILES string of the molecule is CC=CC=CC.C[SiH2]C.[Ti+2]. The second kappa shape index (κ2) is 22.7. The largest absolute Gasteiger partial charge is 2.00 e. The van der Waals surface area contributed by atoms with Gasteiger partial charge in [-0.1, -0.05) is 37.4 Å². The summed E-state index contributed by atoms with van der Waals surface area (Å²) >= 11 is 0. The van der Waals surface area contributed by atoms with Gasteiger partial charge < -0.3 is 0 Å². The minimum Gasteiger partial charge on any atom is -0.0877 e. The average molecular weight is 190 g/mol. The summed E-state index contributed by atoms with van der Waals surface area (Å²) in [6.07, 6.45) is 8.00. The van der Waals surface area contributed by atoms with Crippen LogP contribution in [0, 0.1) is 0 Å². The zero-order valence-electron chi connectivity index (χ0n) is 7.52. The van der Waals surface area contributed by atoms with Gasteiger partial charge in [0.15, 0.2) is 0 Å². The molecule has 0 amide bonds. The summed E-state index contributed by atoms with van der Waals surface area (Å²) in [7, 11) is 0.417. The first-order valence-electron chi connectivity index (χ1n) is 3.57. The van der Waals surface area contributed by atoms with Gasteiger partial charge in [0.1, 0.15) is 0 Å². The van der Waals surface area contributed by atoms with Gasteiger partial charge in [-0.25, -0.2) is 0 Å². The molecule has 0 saturated carbocycles. The summed E-state index contributed by atoms with van der Waals surface area (Å²) in [5, 5.41) is 0. The van der Waals surface area contributed by atoms with Crippen molar-refractivity contribution in [2.24, 2.45) is 0 Å². The summed E-state index contributed by atoms with van der Waals surface area (Å²) in [6, 6.07) is 0. The van der Waals surface area contributed by atoms with Gasteiger partial charge >= 0.3 is 21.7 Å². The molecule has 0 aliphatic heterocycles. The molecule has 0 saturated heterocycles. The first-order valence-corrected chi connectivity index (χ1v) is 6.40. The molecule has 0 aromatic heterocycles. The molecule has 0 heterocycles. The number of hydrogen-bond donors (Lipinski definition) is 0. The molecule has 0 aromatic rings. The van der Waals surface area contributed by atoms with E-state index < -0.39 is 0 Å². The Morgan fingerprint density at radius 1 is 0.900 bits per heavy atom. The summed E-state index contributed by atoms with van der Waals surface area (Å²) in [5.74, 6) is 0. The van der Waals surface area contributed by atoms with Gasteiger partial charge in [-0.15, -0.1) is 0 Å². The van der Waals surface area contributed by atoms with Crippen molar-refractivity contribution in [2.75, 3.05) is 0 Å². The fraction of sp³-hybridized carbons (Fsp3) is 0.500. The van der Waals surface area contributed by atoms with Crippen LogP contribution in [-0.4, -0.2) is 9.52 Å². The van der Waals surface area contributed by atoms with Crippen LogP contribution in [0.25, 0.3) is 0 Å². The molecule has 56 valence electrons. The zero-order valence-corrected chi connectivity index (χ0v) is 10.5. The third-order valence-corrected chi connectivity index (χ3v) is 0.496. The fourth-order valence-electron chi connectivity index (χ4n) is 0.222. The molecule has 0 atom stereocenters. The Kier molecular flexibility index (Phi) is 38.2. The molecule has 0 aliphatic rings. The van der Waals surface area contributed by atoms with Crippen molar-refractivity contribution in [1.82, 2.24) is 0 Å². The van der Waals surface area contributed by atoms with Crippen molar-refractivity contribution in [2.45, 2.75) is 26.9 Å². The smallest absolute Gasteiger partial charge is 0.0877 e. The van der Waals surface area contributed by atoms with Crippen LogP contribution in [0.1, 0.15) is 13.8 Å². The van der Waals surface area contributed by atoms with Crippen molar-refractivity contribution in [3.8, 4) is 0 Å². The molecule has 0 aliphatic carbocycles. The first kappa shape index (κ1) is 16.8. The molecule has 0 rings (SSSR count). The molecule has 2 heteroatoms. The Labute approximate surface area is 82.5 Å². The molecule has 0 unspecified atom stereocenters. The van der Waals surface area contributed by atoms with Crippen LogP contribution in [0.3, 0.4) is 0 Å². The summed E-state index contributed by atoms with van der Waals surface area (Å²) in [6.45, 7) is 8.53. The standard InChI is InChI=1S/C6H10.C2H8Si.Ti/c1-3-5-6-4-2;1-3-2;/h3-6H,1-2H3;3H2,1-2H3;/q;;+2. The van der Waals surface area contributed by atoms with Crippen molar-refractivity contribution < 1.29 is 21.7 Å². The van der Waals surface area contributed by atoms with Gasteiger partial charge in [-0.3, -0.25) is 0 Å². The minimum atomic E-state index is 0. The maximum Gasteiger partial charge on any atom is 2.00 e. The van der Waals surface area contributed by atoms with E-state index in [9.17, 15) is 0 Å². The van der Waals surface area contributed by atoms with E-state index in [0.29, 0.717) is 9.52 Å². The molecule has 10 heavy (non-hydrogen) atoms. The van der Waals surface area contributed by atoms with E-state index in [1.54, 1.807) is 0 Å². The van der Waals surface area contributed by atoms with Crippen LogP contribution >= 0.6 is 0 Å². The average Bonchev–Trinajstić information content (AvgIpc) is 1.86.